The van der Waals surface area contributed by atoms with Gasteiger partial charge in [-0.15, -0.1) is 0 Å². The minimum atomic E-state index is -0.628. The number of likely N-dealkylation sites (tertiary alicyclic amines) is 1. The van der Waals surface area contributed by atoms with Gasteiger partial charge in [0.05, 0.1) is 18.1 Å². The van der Waals surface area contributed by atoms with E-state index < -0.39 is 5.54 Å². The lowest BCUT2D eigenvalue weighted by Crippen LogP contribution is -2.50. The van der Waals surface area contributed by atoms with E-state index in [2.05, 4.69) is 0 Å². The third kappa shape index (κ3) is 2.60. The van der Waals surface area contributed by atoms with E-state index in [1.54, 1.807) is 11.8 Å². The summed E-state index contributed by atoms with van der Waals surface area (Å²) in [7, 11) is 0. The van der Waals surface area contributed by atoms with Crippen LogP contribution in [0.25, 0.3) is 0 Å². The molecule has 96 valence electrons. The second-order valence-electron chi connectivity index (χ2n) is 5.00. The van der Waals surface area contributed by atoms with E-state index in [0.717, 1.165) is 25.7 Å². The second-order valence-corrected chi connectivity index (χ2v) is 5.00. The molecule has 0 radical (unpaired) electrons. The molecule has 1 heterocycles. The molecule has 1 atom stereocenters. The number of carbonyl (C=O) groups excluding carboxylic acids is 2. The zero-order chi connectivity index (χ0) is 12.5. The lowest BCUT2D eigenvalue weighted by atomic mass is 9.97. The maximum absolute atomic E-state index is 12.1. The highest BCUT2D eigenvalue weighted by Gasteiger charge is 2.49. The fraction of sp³-hybridized carbons (Fsp3) is 0.833. The summed E-state index contributed by atoms with van der Waals surface area (Å²) in [5, 5.41) is 0. The molecular weight excluding hydrogens is 220 g/mol. The number of ether oxygens (including phenoxy) is 1. The van der Waals surface area contributed by atoms with Crippen molar-refractivity contribution in [1.29, 1.82) is 0 Å². The molecule has 1 aliphatic carbocycles. The van der Waals surface area contributed by atoms with Gasteiger partial charge in [-0.3, -0.25) is 9.59 Å². The molecule has 1 saturated heterocycles. The average Bonchev–Trinajstić information content (AvgIpc) is 3.08. The highest BCUT2D eigenvalue weighted by Crippen LogP contribution is 2.35. The number of hydrogen-bond acceptors (Lipinski definition) is 4. The first kappa shape index (κ1) is 12.4. The van der Waals surface area contributed by atoms with Gasteiger partial charge in [0.25, 0.3) is 0 Å². The van der Waals surface area contributed by atoms with Gasteiger partial charge in [0.2, 0.25) is 5.91 Å². The van der Waals surface area contributed by atoms with Gasteiger partial charge >= 0.3 is 5.97 Å². The van der Waals surface area contributed by atoms with Gasteiger partial charge in [-0.25, -0.2) is 0 Å². The maximum Gasteiger partial charge on any atom is 0.310 e. The predicted octanol–water partition coefficient (Wildman–Crippen LogP) is 0.279. The third-order valence-electron chi connectivity index (χ3n) is 3.54. The molecule has 17 heavy (non-hydrogen) atoms. The van der Waals surface area contributed by atoms with Crippen LogP contribution in [0, 0.1) is 5.92 Å². The number of carbonyl (C=O) groups is 2. The first-order chi connectivity index (χ1) is 8.07. The monoisotopic (exact) mass is 240 g/mol. The Morgan fingerprint density at radius 3 is 2.76 bits per heavy atom. The maximum atomic E-state index is 12.1. The van der Waals surface area contributed by atoms with Crippen molar-refractivity contribution >= 4 is 11.9 Å². The zero-order valence-corrected chi connectivity index (χ0v) is 10.3. The summed E-state index contributed by atoms with van der Waals surface area (Å²) in [5.74, 6) is -0.353. The number of amides is 1. The minimum absolute atomic E-state index is 0.00602. The second kappa shape index (κ2) is 4.64. The molecule has 2 aliphatic rings. The summed E-state index contributed by atoms with van der Waals surface area (Å²) in [6.45, 7) is 3.37. The van der Waals surface area contributed by atoms with E-state index in [1.165, 1.54) is 0 Å². The summed E-state index contributed by atoms with van der Waals surface area (Å²) in [6, 6.07) is 0. The molecular formula is C12H20N2O3. The smallest absolute Gasteiger partial charge is 0.310 e. The van der Waals surface area contributed by atoms with Crippen LogP contribution in [0.1, 0.15) is 32.6 Å². The topological polar surface area (TPSA) is 72.6 Å². The van der Waals surface area contributed by atoms with E-state index in [9.17, 15) is 9.59 Å². The average molecular weight is 240 g/mol. The van der Waals surface area contributed by atoms with Crippen molar-refractivity contribution in [2.75, 3.05) is 19.7 Å². The van der Waals surface area contributed by atoms with Crippen LogP contribution in [-0.4, -0.2) is 42.0 Å². The molecule has 0 aromatic rings. The van der Waals surface area contributed by atoms with Crippen LogP contribution < -0.4 is 5.73 Å². The largest absolute Gasteiger partial charge is 0.466 e. The van der Waals surface area contributed by atoms with E-state index >= 15 is 0 Å². The molecule has 2 N–H and O–H groups in total. The Hall–Kier alpha value is -1.10. The van der Waals surface area contributed by atoms with Gasteiger partial charge in [0, 0.05) is 13.1 Å². The quantitative estimate of drug-likeness (QED) is 0.719. The van der Waals surface area contributed by atoms with E-state index in [0.29, 0.717) is 19.7 Å². The Labute approximate surface area is 101 Å². The standard InChI is InChI=1S/C12H20N2O3/c1-2-17-10(15)9-4-3-7-14(8-9)11(16)12(13)5-6-12/h9H,2-8,13H2,1H3. The first-order valence-electron chi connectivity index (χ1n) is 6.32. The third-order valence-corrected chi connectivity index (χ3v) is 3.54. The van der Waals surface area contributed by atoms with Crippen molar-refractivity contribution in [2.24, 2.45) is 11.7 Å². The fourth-order valence-electron chi connectivity index (χ4n) is 2.28. The van der Waals surface area contributed by atoms with Crippen molar-refractivity contribution in [3.8, 4) is 0 Å². The molecule has 0 spiro atoms. The summed E-state index contributed by atoms with van der Waals surface area (Å²) < 4.78 is 5.00. The van der Waals surface area contributed by atoms with Crippen LogP contribution >= 0.6 is 0 Å². The molecule has 0 aromatic heterocycles. The Kier molecular flexibility index (Phi) is 3.38. The molecule has 2 rings (SSSR count). The zero-order valence-electron chi connectivity index (χ0n) is 10.3. The van der Waals surface area contributed by atoms with E-state index in [-0.39, 0.29) is 17.8 Å². The molecule has 1 aliphatic heterocycles. The van der Waals surface area contributed by atoms with Crippen molar-refractivity contribution in [3.63, 3.8) is 0 Å². The summed E-state index contributed by atoms with van der Waals surface area (Å²) in [6.07, 6.45) is 3.20. The van der Waals surface area contributed by atoms with Gasteiger partial charge in [-0.1, -0.05) is 0 Å². The highest BCUT2D eigenvalue weighted by atomic mass is 16.5. The molecule has 5 heteroatoms. The first-order valence-corrected chi connectivity index (χ1v) is 6.32. The molecule has 5 nitrogen and oxygen atoms in total. The molecule has 0 aromatic carbocycles. The molecule has 1 saturated carbocycles. The number of nitrogens with two attached hydrogens (primary N) is 1. The van der Waals surface area contributed by atoms with Gasteiger partial charge in [-0.2, -0.15) is 0 Å². The number of hydrogen-bond donors (Lipinski definition) is 1. The van der Waals surface area contributed by atoms with Crippen LogP contribution in [-0.2, 0) is 14.3 Å². The van der Waals surface area contributed by atoms with Gasteiger partial charge in [0.1, 0.15) is 0 Å². The fourth-order valence-corrected chi connectivity index (χ4v) is 2.28. The molecule has 0 bridgehead atoms. The van der Waals surface area contributed by atoms with Gasteiger partial charge in [-0.05, 0) is 32.6 Å². The van der Waals surface area contributed by atoms with Crippen molar-refractivity contribution in [2.45, 2.75) is 38.1 Å². The van der Waals surface area contributed by atoms with Crippen molar-refractivity contribution in [1.82, 2.24) is 4.90 Å². The number of rotatable bonds is 3. The summed E-state index contributed by atoms with van der Waals surface area (Å²) in [4.78, 5) is 25.4. The summed E-state index contributed by atoms with van der Waals surface area (Å²) in [5.41, 5.74) is 5.27. The van der Waals surface area contributed by atoms with Crippen molar-refractivity contribution < 1.29 is 14.3 Å². The Balaban J connectivity index is 1.92. The van der Waals surface area contributed by atoms with Gasteiger partial charge in [0.15, 0.2) is 0 Å². The number of nitrogens with zero attached hydrogens (tertiary/aromatic N) is 1. The Morgan fingerprint density at radius 2 is 2.18 bits per heavy atom. The van der Waals surface area contributed by atoms with Crippen LogP contribution in [0.3, 0.4) is 0 Å². The Morgan fingerprint density at radius 1 is 1.47 bits per heavy atom. The van der Waals surface area contributed by atoms with E-state index in [1.807, 2.05) is 0 Å². The summed E-state index contributed by atoms with van der Waals surface area (Å²) >= 11 is 0. The van der Waals surface area contributed by atoms with E-state index in [4.69, 9.17) is 10.5 Å². The van der Waals surface area contributed by atoms with Crippen LogP contribution in [0.2, 0.25) is 0 Å². The SMILES string of the molecule is CCOC(=O)C1CCCN(C(=O)C2(N)CC2)C1. The Bertz CT molecular complexity index is 326. The lowest BCUT2D eigenvalue weighted by molar-refractivity contribution is -0.151. The minimum Gasteiger partial charge on any atom is -0.466 e. The van der Waals surface area contributed by atoms with Crippen LogP contribution in [0.15, 0.2) is 0 Å². The lowest BCUT2D eigenvalue weighted by Gasteiger charge is -2.33. The molecule has 1 unspecified atom stereocenters. The van der Waals surface area contributed by atoms with Gasteiger partial charge < -0.3 is 15.4 Å². The highest BCUT2D eigenvalue weighted by molar-refractivity contribution is 5.89. The molecule has 1 amide bonds. The van der Waals surface area contributed by atoms with Crippen LogP contribution in [0.4, 0.5) is 0 Å². The van der Waals surface area contributed by atoms with Crippen molar-refractivity contribution in [3.05, 3.63) is 0 Å². The predicted molar refractivity (Wildman–Crippen MR) is 62.1 cm³/mol. The number of esters is 1. The normalized spacial score (nSPS) is 26.5. The number of piperidine rings is 1. The molecule has 2 fully saturated rings. The van der Waals surface area contributed by atoms with Crippen LogP contribution in [0.5, 0.6) is 0 Å².